The average molecular weight is 454 g/mol. The zero-order valence-corrected chi connectivity index (χ0v) is 17.3. The van der Waals surface area contributed by atoms with Crippen molar-refractivity contribution in [2.24, 2.45) is 5.92 Å². The van der Waals surface area contributed by atoms with E-state index in [-0.39, 0.29) is 29.0 Å². The fraction of sp³-hybridized carbons (Fsp3) is 0.300. The van der Waals surface area contributed by atoms with Gasteiger partial charge in [0.1, 0.15) is 6.04 Å². The molecule has 1 aromatic carbocycles. The number of hydrogen-bond acceptors (Lipinski definition) is 4. The molecule has 1 unspecified atom stereocenters. The molecular weight excluding hydrogens is 435 g/mol. The lowest BCUT2D eigenvalue weighted by molar-refractivity contribution is -0.137. The van der Waals surface area contributed by atoms with Gasteiger partial charge in [-0.1, -0.05) is 43.6 Å². The molecule has 0 aliphatic heterocycles. The number of rotatable bonds is 6. The van der Waals surface area contributed by atoms with Gasteiger partial charge in [0.05, 0.1) is 17.1 Å². The molecule has 7 nitrogen and oxygen atoms in total. The molecule has 1 atom stereocenters. The summed E-state index contributed by atoms with van der Waals surface area (Å²) in [6, 6.07) is 8.32. The standard InChI is InChI=1S/C20H19ClF3N5O2/c1-11(2)16(26-18(30)12-6-4-3-5-7-12)19(31)25-9-15-27-28-17-14(21)8-13(10-29(15)17)20(22,23)24/h3-8,10-11,16H,9H2,1-2H3,(H,25,31)(H,26,30). The summed E-state index contributed by atoms with van der Waals surface area (Å²) in [5.74, 6) is -1.10. The fourth-order valence-electron chi connectivity index (χ4n) is 2.90. The molecule has 31 heavy (non-hydrogen) atoms. The molecule has 0 radical (unpaired) electrons. The first-order valence-electron chi connectivity index (χ1n) is 9.32. The number of nitrogens with zero attached hydrogens (tertiary/aromatic N) is 3. The van der Waals surface area contributed by atoms with E-state index in [1.807, 2.05) is 0 Å². The summed E-state index contributed by atoms with van der Waals surface area (Å²) in [6.07, 6.45) is -3.78. The highest BCUT2D eigenvalue weighted by Gasteiger charge is 2.32. The number of alkyl halides is 3. The summed E-state index contributed by atoms with van der Waals surface area (Å²) in [5.41, 5.74) is -0.525. The van der Waals surface area contributed by atoms with Gasteiger partial charge in [-0.25, -0.2) is 0 Å². The van der Waals surface area contributed by atoms with E-state index >= 15 is 0 Å². The third-order valence-corrected chi connectivity index (χ3v) is 4.83. The van der Waals surface area contributed by atoms with Crippen LogP contribution in [0, 0.1) is 5.92 Å². The van der Waals surface area contributed by atoms with Crippen molar-refractivity contribution < 1.29 is 22.8 Å². The Morgan fingerprint density at radius 2 is 1.84 bits per heavy atom. The number of fused-ring (bicyclic) bond motifs is 1. The quantitative estimate of drug-likeness (QED) is 0.598. The predicted octanol–water partition coefficient (Wildman–Crippen LogP) is 3.47. The van der Waals surface area contributed by atoms with Gasteiger partial charge in [0.25, 0.3) is 5.91 Å². The highest BCUT2D eigenvalue weighted by molar-refractivity contribution is 6.33. The molecule has 0 aliphatic carbocycles. The molecular formula is C20H19ClF3N5O2. The van der Waals surface area contributed by atoms with Crippen molar-refractivity contribution >= 4 is 29.1 Å². The van der Waals surface area contributed by atoms with E-state index in [9.17, 15) is 22.8 Å². The van der Waals surface area contributed by atoms with E-state index in [1.165, 1.54) is 0 Å². The number of hydrogen-bond donors (Lipinski definition) is 2. The number of halogens is 4. The van der Waals surface area contributed by atoms with E-state index in [0.717, 1.165) is 16.7 Å². The first-order valence-corrected chi connectivity index (χ1v) is 9.69. The Kier molecular flexibility index (Phi) is 6.49. The highest BCUT2D eigenvalue weighted by atomic mass is 35.5. The van der Waals surface area contributed by atoms with E-state index in [1.54, 1.807) is 44.2 Å². The maximum absolute atomic E-state index is 13.1. The normalized spacial score (nSPS) is 12.7. The second kappa shape index (κ2) is 8.93. The highest BCUT2D eigenvalue weighted by Crippen LogP contribution is 2.32. The van der Waals surface area contributed by atoms with Gasteiger partial charge in [0.15, 0.2) is 11.5 Å². The molecule has 2 aromatic heterocycles. The number of nitrogens with one attached hydrogen (secondary N) is 2. The third-order valence-electron chi connectivity index (χ3n) is 4.55. The molecule has 0 saturated heterocycles. The Labute approximate surface area is 180 Å². The Bertz CT molecular complexity index is 1100. The Morgan fingerprint density at radius 3 is 2.45 bits per heavy atom. The van der Waals surface area contributed by atoms with Crippen LogP contribution in [0.2, 0.25) is 5.02 Å². The second-order valence-electron chi connectivity index (χ2n) is 7.16. The van der Waals surface area contributed by atoms with E-state index in [2.05, 4.69) is 20.8 Å². The van der Waals surface area contributed by atoms with E-state index in [0.29, 0.717) is 5.56 Å². The number of pyridine rings is 1. The molecule has 3 aromatic rings. The van der Waals surface area contributed by atoms with Gasteiger partial charge in [-0.3, -0.25) is 14.0 Å². The largest absolute Gasteiger partial charge is 0.417 e. The van der Waals surface area contributed by atoms with Crippen molar-refractivity contribution in [2.75, 3.05) is 0 Å². The molecule has 2 amide bonds. The molecule has 0 fully saturated rings. The third kappa shape index (κ3) is 5.13. The van der Waals surface area contributed by atoms with Gasteiger partial charge in [-0.05, 0) is 24.1 Å². The summed E-state index contributed by atoms with van der Waals surface area (Å²) < 4.78 is 40.3. The monoisotopic (exact) mass is 453 g/mol. The zero-order chi connectivity index (χ0) is 22.8. The van der Waals surface area contributed by atoms with Gasteiger partial charge in [0, 0.05) is 11.8 Å². The minimum atomic E-state index is -4.60. The molecule has 2 heterocycles. The summed E-state index contributed by atoms with van der Waals surface area (Å²) in [7, 11) is 0. The lowest BCUT2D eigenvalue weighted by Crippen LogP contribution is -2.49. The van der Waals surface area contributed by atoms with Crippen molar-refractivity contribution in [1.82, 2.24) is 25.2 Å². The van der Waals surface area contributed by atoms with Crippen LogP contribution in [0.4, 0.5) is 13.2 Å². The smallest absolute Gasteiger partial charge is 0.347 e. The molecule has 11 heteroatoms. The van der Waals surface area contributed by atoms with Crippen LogP contribution in [0.1, 0.15) is 35.6 Å². The van der Waals surface area contributed by atoms with Crippen LogP contribution in [0.15, 0.2) is 42.6 Å². The molecule has 0 spiro atoms. The number of carbonyl (C=O) groups is 2. The lowest BCUT2D eigenvalue weighted by atomic mass is 10.0. The first-order chi connectivity index (χ1) is 14.6. The fourth-order valence-corrected chi connectivity index (χ4v) is 3.15. The summed E-state index contributed by atoms with van der Waals surface area (Å²) >= 11 is 5.89. The van der Waals surface area contributed by atoms with Crippen LogP contribution in [0.5, 0.6) is 0 Å². The minimum Gasteiger partial charge on any atom is -0.347 e. The number of benzene rings is 1. The van der Waals surface area contributed by atoms with Crippen molar-refractivity contribution in [1.29, 1.82) is 0 Å². The molecule has 0 saturated carbocycles. The molecule has 164 valence electrons. The van der Waals surface area contributed by atoms with Crippen molar-refractivity contribution in [3.63, 3.8) is 0 Å². The summed E-state index contributed by atoms with van der Waals surface area (Å²) in [6.45, 7) is 3.32. The molecule has 3 rings (SSSR count). The van der Waals surface area contributed by atoms with Gasteiger partial charge < -0.3 is 10.6 Å². The van der Waals surface area contributed by atoms with Gasteiger partial charge in [0.2, 0.25) is 5.91 Å². The number of aromatic nitrogens is 3. The van der Waals surface area contributed by atoms with E-state index in [4.69, 9.17) is 11.6 Å². The van der Waals surface area contributed by atoms with Gasteiger partial charge >= 0.3 is 6.18 Å². The van der Waals surface area contributed by atoms with Crippen LogP contribution in [0.3, 0.4) is 0 Å². The first kappa shape index (κ1) is 22.5. The van der Waals surface area contributed by atoms with Crippen molar-refractivity contribution in [3.05, 3.63) is 64.6 Å². The van der Waals surface area contributed by atoms with Gasteiger partial charge in [-0.15, -0.1) is 10.2 Å². The van der Waals surface area contributed by atoms with Gasteiger partial charge in [-0.2, -0.15) is 13.2 Å². The number of carbonyl (C=O) groups excluding carboxylic acids is 2. The maximum Gasteiger partial charge on any atom is 0.417 e. The zero-order valence-electron chi connectivity index (χ0n) is 16.6. The van der Waals surface area contributed by atoms with Crippen LogP contribution in [-0.2, 0) is 17.5 Å². The second-order valence-corrected chi connectivity index (χ2v) is 7.57. The van der Waals surface area contributed by atoms with E-state index < -0.39 is 29.6 Å². The maximum atomic E-state index is 13.1. The topological polar surface area (TPSA) is 88.4 Å². The minimum absolute atomic E-state index is 0.0386. The lowest BCUT2D eigenvalue weighted by Gasteiger charge is -2.21. The van der Waals surface area contributed by atoms with Crippen LogP contribution >= 0.6 is 11.6 Å². The molecule has 0 bridgehead atoms. The van der Waals surface area contributed by atoms with Crippen molar-refractivity contribution in [2.45, 2.75) is 32.6 Å². The Balaban J connectivity index is 1.76. The summed E-state index contributed by atoms with van der Waals surface area (Å²) in [4.78, 5) is 25.1. The Hall–Kier alpha value is -3.14. The Morgan fingerprint density at radius 1 is 1.16 bits per heavy atom. The number of amides is 2. The summed E-state index contributed by atoms with van der Waals surface area (Å²) in [5, 5.41) is 12.7. The molecule has 2 N–H and O–H groups in total. The SMILES string of the molecule is CC(C)C(NC(=O)c1ccccc1)C(=O)NCc1nnc2c(Cl)cc(C(F)(F)F)cn12. The average Bonchev–Trinajstić information content (AvgIpc) is 3.13. The van der Waals surface area contributed by atoms with Crippen molar-refractivity contribution in [3.8, 4) is 0 Å². The van der Waals surface area contributed by atoms with Crippen LogP contribution in [0.25, 0.3) is 5.65 Å². The molecule has 0 aliphatic rings. The van der Waals surface area contributed by atoms with Crippen LogP contribution < -0.4 is 10.6 Å². The predicted molar refractivity (Wildman–Crippen MR) is 107 cm³/mol. The van der Waals surface area contributed by atoms with Crippen LogP contribution in [-0.4, -0.2) is 32.5 Å².